The van der Waals surface area contributed by atoms with Gasteiger partial charge in [0.1, 0.15) is 11.3 Å². The smallest absolute Gasteiger partial charge is 0.295 e. The number of likely N-dealkylation sites (tertiary alicyclic amines) is 1. The van der Waals surface area contributed by atoms with Crippen molar-refractivity contribution in [3.8, 4) is 0 Å². The van der Waals surface area contributed by atoms with Gasteiger partial charge in [-0.3, -0.25) is 0 Å². The topological polar surface area (TPSA) is 50.5 Å². The molecule has 0 saturated carbocycles. The van der Waals surface area contributed by atoms with Gasteiger partial charge in [-0.15, -0.1) is 0 Å². The maximum atomic E-state index is 6.00. The Morgan fingerprint density at radius 2 is 2.27 bits per heavy atom. The van der Waals surface area contributed by atoms with Crippen LogP contribution < -0.4 is 5.32 Å². The molecule has 0 bridgehead atoms. The number of benzene rings is 1. The third-order valence-electron chi connectivity index (χ3n) is 5.18. The maximum Gasteiger partial charge on any atom is 0.295 e. The van der Waals surface area contributed by atoms with Crippen LogP contribution in [-0.4, -0.2) is 36.6 Å². The van der Waals surface area contributed by atoms with Gasteiger partial charge in [0.25, 0.3) is 6.01 Å². The number of hydrogen-bond donors (Lipinski definition) is 1. The third-order valence-corrected chi connectivity index (χ3v) is 5.42. The summed E-state index contributed by atoms with van der Waals surface area (Å²) in [6.45, 7) is 5.11. The third kappa shape index (κ3) is 3.54. The molecule has 1 aromatic heterocycles. The van der Waals surface area contributed by atoms with E-state index in [1.807, 2.05) is 12.1 Å². The Morgan fingerprint density at radius 1 is 1.38 bits per heavy atom. The molecule has 0 amide bonds. The molecule has 1 aromatic carbocycles. The molecule has 1 saturated heterocycles. The zero-order chi connectivity index (χ0) is 18.1. The summed E-state index contributed by atoms with van der Waals surface area (Å²) >= 11 is 6.00. The molecule has 1 aliphatic carbocycles. The van der Waals surface area contributed by atoms with Gasteiger partial charge >= 0.3 is 0 Å². The van der Waals surface area contributed by atoms with E-state index in [0.29, 0.717) is 22.5 Å². The van der Waals surface area contributed by atoms with E-state index >= 15 is 0 Å². The first-order valence-electron chi connectivity index (χ1n) is 9.11. The summed E-state index contributed by atoms with van der Waals surface area (Å²) in [6, 6.07) is 6.06. The van der Waals surface area contributed by atoms with Crippen molar-refractivity contribution >= 4 is 28.7 Å². The van der Waals surface area contributed by atoms with Gasteiger partial charge in [-0.1, -0.05) is 17.2 Å². The van der Waals surface area contributed by atoms with Crippen molar-refractivity contribution in [2.75, 3.05) is 32.1 Å². The molecule has 6 heteroatoms. The van der Waals surface area contributed by atoms with Gasteiger partial charge in [0, 0.05) is 37.1 Å². The summed E-state index contributed by atoms with van der Waals surface area (Å²) in [7, 11) is 1.78. The van der Waals surface area contributed by atoms with E-state index in [9.17, 15) is 0 Å². The lowest BCUT2D eigenvalue weighted by atomic mass is 10.0. The largest absolute Gasteiger partial charge is 0.499 e. The van der Waals surface area contributed by atoms with Crippen LogP contribution in [0.15, 0.2) is 45.7 Å². The number of anilines is 1. The molecule has 1 N–H and O–H groups in total. The highest BCUT2D eigenvalue weighted by atomic mass is 35.5. The minimum atomic E-state index is 0.551. The fourth-order valence-electron chi connectivity index (χ4n) is 3.72. The standard InChI is InChI=1S/C20H24ClN3O2/c1-13-3-6-18(25-2)17(9-13)24-8-7-14(12-24)11-22-20-23-16-5-4-15(21)10-19(16)26-20/h4-5,9-10,14H,3,6-8,11-12H2,1-2H3,(H,22,23)/t14-/m0/s1. The number of nitrogens with one attached hydrogen (secondary N) is 1. The summed E-state index contributed by atoms with van der Waals surface area (Å²) in [5.74, 6) is 1.66. The lowest BCUT2D eigenvalue weighted by Gasteiger charge is -2.26. The first-order valence-corrected chi connectivity index (χ1v) is 9.49. The molecule has 0 radical (unpaired) electrons. The van der Waals surface area contributed by atoms with Crippen LogP contribution >= 0.6 is 11.6 Å². The first-order chi connectivity index (χ1) is 12.6. The van der Waals surface area contributed by atoms with Crippen molar-refractivity contribution in [2.24, 2.45) is 5.92 Å². The van der Waals surface area contributed by atoms with Crippen molar-refractivity contribution in [2.45, 2.75) is 26.2 Å². The highest BCUT2D eigenvalue weighted by Gasteiger charge is 2.27. The number of rotatable bonds is 5. The number of allylic oxidation sites excluding steroid dienone is 3. The quantitative estimate of drug-likeness (QED) is 0.814. The first kappa shape index (κ1) is 17.3. The molecule has 138 valence electrons. The van der Waals surface area contributed by atoms with Gasteiger partial charge in [-0.2, -0.15) is 4.98 Å². The fraction of sp³-hybridized carbons (Fsp3) is 0.450. The molecular formula is C20H24ClN3O2. The Kier molecular flexibility index (Phi) is 4.81. The lowest BCUT2D eigenvalue weighted by Crippen LogP contribution is -2.24. The number of nitrogens with zero attached hydrogens (tertiary/aromatic N) is 2. The van der Waals surface area contributed by atoms with Crippen LogP contribution in [0.25, 0.3) is 11.1 Å². The fourth-order valence-corrected chi connectivity index (χ4v) is 3.88. The Labute approximate surface area is 158 Å². The van der Waals surface area contributed by atoms with E-state index < -0.39 is 0 Å². The predicted molar refractivity (Wildman–Crippen MR) is 104 cm³/mol. The second-order valence-electron chi connectivity index (χ2n) is 7.12. The molecular weight excluding hydrogens is 350 g/mol. The van der Waals surface area contributed by atoms with Crippen LogP contribution in [0.2, 0.25) is 5.02 Å². The molecule has 0 spiro atoms. The molecule has 0 unspecified atom stereocenters. The van der Waals surface area contributed by atoms with Crippen LogP contribution in [0.5, 0.6) is 0 Å². The minimum Gasteiger partial charge on any atom is -0.499 e. The lowest BCUT2D eigenvalue weighted by molar-refractivity contribution is 0.251. The number of hydrogen-bond acceptors (Lipinski definition) is 5. The minimum absolute atomic E-state index is 0.551. The molecule has 1 fully saturated rings. The summed E-state index contributed by atoms with van der Waals surface area (Å²) in [5.41, 5.74) is 4.22. The van der Waals surface area contributed by atoms with E-state index in [4.69, 9.17) is 20.8 Å². The van der Waals surface area contributed by atoms with E-state index in [-0.39, 0.29) is 0 Å². The molecule has 2 aliphatic rings. The predicted octanol–water partition coefficient (Wildman–Crippen LogP) is 4.81. The van der Waals surface area contributed by atoms with Crippen LogP contribution in [-0.2, 0) is 4.74 Å². The number of methoxy groups -OCH3 is 1. The van der Waals surface area contributed by atoms with Crippen molar-refractivity contribution < 1.29 is 9.15 Å². The number of ether oxygens (including phenoxy) is 1. The van der Waals surface area contributed by atoms with Gasteiger partial charge in [-0.05, 0) is 43.9 Å². The van der Waals surface area contributed by atoms with Gasteiger partial charge in [0.05, 0.1) is 12.8 Å². The Hall–Kier alpha value is -2.14. The van der Waals surface area contributed by atoms with Crippen molar-refractivity contribution in [1.29, 1.82) is 0 Å². The van der Waals surface area contributed by atoms with Gasteiger partial charge < -0.3 is 19.4 Å². The molecule has 4 rings (SSSR count). The van der Waals surface area contributed by atoms with E-state index in [1.54, 1.807) is 13.2 Å². The Morgan fingerprint density at radius 3 is 3.12 bits per heavy atom. The summed E-state index contributed by atoms with van der Waals surface area (Å²) in [4.78, 5) is 6.91. The normalized spacial score (nSPS) is 20.7. The second kappa shape index (κ2) is 7.23. The number of halogens is 1. The molecule has 5 nitrogen and oxygen atoms in total. The molecule has 1 aliphatic heterocycles. The van der Waals surface area contributed by atoms with Crippen LogP contribution in [0.3, 0.4) is 0 Å². The average molecular weight is 374 g/mol. The molecule has 2 heterocycles. The van der Waals surface area contributed by atoms with Crippen molar-refractivity contribution in [1.82, 2.24) is 9.88 Å². The van der Waals surface area contributed by atoms with Gasteiger partial charge in [0.2, 0.25) is 0 Å². The Balaban J connectivity index is 1.39. The van der Waals surface area contributed by atoms with Crippen LogP contribution in [0.1, 0.15) is 26.2 Å². The molecule has 2 aromatic rings. The summed E-state index contributed by atoms with van der Waals surface area (Å²) in [6.07, 6.45) is 5.52. The second-order valence-corrected chi connectivity index (χ2v) is 7.55. The Bertz CT molecular complexity index is 871. The van der Waals surface area contributed by atoms with Crippen LogP contribution in [0, 0.1) is 5.92 Å². The monoisotopic (exact) mass is 373 g/mol. The average Bonchev–Trinajstić information content (AvgIpc) is 3.26. The maximum absolute atomic E-state index is 6.00. The zero-order valence-electron chi connectivity index (χ0n) is 15.2. The highest BCUT2D eigenvalue weighted by molar-refractivity contribution is 6.31. The number of oxazole rings is 1. The number of fused-ring (bicyclic) bond motifs is 1. The van der Waals surface area contributed by atoms with E-state index in [1.165, 1.54) is 11.3 Å². The van der Waals surface area contributed by atoms with Crippen molar-refractivity contribution in [3.63, 3.8) is 0 Å². The molecule has 26 heavy (non-hydrogen) atoms. The zero-order valence-corrected chi connectivity index (χ0v) is 16.0. The van der Waals surface area contributed by atoms with Gasteiger partial charge in [0.15, 0.2) is 5.58 Å². The summed E-state index contributed by atoms with van der Waals surface area (Å²) in [5, 5.41) is 4.00. The van der Waals surface area contributed by atoms with E-state index in [0.717, 1.165) is 50.2 Å². The van der Waals surface area contributed by atoms with Crippen LogP contribution in [0.4, 0.5) is 6.01 Å². The van der Waals surface area contributed by atoms with E-state index in [2.05, 4.69) is 28.2 Å². The molecule has 1 atom stereocenters. The summed E-state index contributed by atoms with van der Waals surface area (Å²) < 4.78 is 11.4. The number of aromatic nitrogens is 1. The van der Waals surface area contributed by atoms with Gasteiger partial charge in [-0.25, -0.2) is 0 Å². The SMILES string of the molecule is COC1=C(N2CC[C@@H](CNc3nc4ccc(Cl)cc4o3)C2)C=C(C)CC1. The van der Waals surface area contributed by atoms with Crippen molar-refractivity contribution in [3.05, 3.63) is 46.3 Å². The highest BCUT2D eigenvalue weighted by Crippen LogP contribution is 2.31.